The van der Waals surface area contributed by atoms with Crippen molar-refractivity contribution in [3.05, 3.63) is 0 Å². The summed E-state index contributed by atoms with van der Waals surface area (Å²) in [6, 6.07) is 0.266. The standard InChI is InChI=1S/C8H13NO3/c1-3-6(2)9-4-7(10)12-8(11)5-9/h6H,3-5H2,1-2H3. The Morgan fingerprint density at radius 1 is 1.42 bits per heavy atom. The second-order valence-electron chi connectivity index (χ2n) is 3.01. The first-order chi connectivity index (χ1) is 5.63. The lowest BCUT2D eigenvalue weighted by molar-refractivity contribution is -0.167. The van der Waals surface area contributed by atoms with Gasteiger partial charge in [0.2, 0.25) is 0 Å². The monoisotopic (exact) mass is 171 g/mol. The highest BCUT2D eigenvalue weighted by molar-refractivity contribution is 5.90. The van der Waals surface area contributed by atoms with Gasteiger partial charge in [-0.05, 0) is 13.3 Å². The number of carbonyl (C=O) groups is 2. The van der Waals surface area contributed by atoms with Crippen molar-refractivity contribution in [1.82, 2.24) is 4.90 Å². The summed E-state index contributed by atoms with van der Waals surface area (Å²) in [6.07, 6.45) is 0.931. The van der Waals surface area contributed by atoms with Crippen LogP contribution in [0.25, 0.3) is 0 Å². The molecule has 0 aliphatic carbocycles. The van der Waals surface area contributed by atoms with Gasteiger partial charge in [-0.3, -0.25) is 14.5 Å². The Hall–Kier alpha value is -0.900. The molecule has 0 aromatic carbocycles. The van der Waals surface area contributed by atoms with Crippen molar-refractivity contribution in [3.8, 4) is 0 Å². The highest BCUT2D eigenvalue weighted by Gasteiger charge is 2.27. The van der Waals surface area contributed by atoms with Crippen LogP contribution in [0, 0.1) is 0 Å². The molecule has 0 saturated carbocycles. The molecule has 68 valence electrons. The van der Waals surface area contributed by atoms with Gasteiger partial charge in [0.05, 0.1) is 13.1 Å². The molecule has 1 rings (SSSR count). The van der Waals surface area contributed by atoms with E-state index >= 15 is 0 Å². The Bertz CT molecular complexity index is 186. The Morgan fingerprint density at radius 2 is 1.92 bits per heavy atom. The minimum atomic E-state index is -0.438. The van der Waals surface area contributed by atoms with Crippen LogP contribution in [0.5, 0.6) is 0 Å². The van der Waals surface area contributed by atoms with Gasteiger partial charge >= 0.3 is 11.9 Å². The lowest BCUT2D eigenvalue weighted by Gasteiger charge is -2.29. The first-order valence-electron chi connectivity index (χ1n) is 4.11. The van der Waals surface area contributed by atoms with Crippen LogP contribution < -0.4 is 0 Å². The highest BCUT2D eigenvalue weighted by Crippen LogP contribution is 2.07. The van der Waals surface area contributed by atoms with Gasteiger partial charge in [0.15, 0.2) is 0 Å². The fraction of sp³-hybridized carbons (Fsp3) is 0.750. The van der Waals surface area contributed by atoms with E-state index in [0.29, 0.717) is 0 Å². The number of hydrogen-bond donors (Lipinski definition) is 0. The topological polar surface area (TPSA) is 46.6 Å². The van der Waals surface area contributed by atoms with Crippen molar-refractivity contribution in [2.45, 2.75) is 26.3 Å². The van der Waals surface area contributed by atoms with Crippen LogP contribution in [0.2, 0.25) is 0 Å². The molecule has 1 aliphatic rings. The van der Waals surface area contributed by atoms with E-state index in [4.69, 9.17) is 0 Å². The van der Waals surface area contributed by atoms with Gasteiger partial charge in [-0.1, -0.05) is 6.92 Å². The molecule has 1 unspecified atom stereocenters. The first-order valence-corrected chi connectivity index (χ1v) is 4.11. The third-order valence-electron chi connectivity index (χ3n) is 2.11. The summed E-state index contributed by atoms with van der Waals surface area (Å²) in [7, 11) is 0. The fourth-order valence-electron chi connectivity index (χ4n) is 1.15. The minimum Gasteiger partial charge on any atom is -0.391 e. The molecule has 1 heterocycles. The summed E-state index contributed by atoms with van der Waals surface area (Å²) in [5.41, 5.74) is 0. The molecule has 12 heavy (non-hydrogen) atoms. The average Bonchev–Trinajstić information content (AvgIpc) is 2.01. The van der Waals surface area contributed by atoms with Gasteiger partial charge in [0, 0.05) is 6.04 Å². The molecule has 1 saturated heterocycles. The second-order valence-corrected chi connectivity index (χ2v) is 3.01. The average molecular weight is 171 g/mol. The van der Waals surface area contributed by atoms with Crippen molar-refractivity contribution in [3.63, 3.8) is 0 Å². The molecule has 4 heteroatoms. The Balaban J connectivity index is 2.55. The number of hydrogen-bond acceptors (Lipinski definition) is 4. The highest BCUT2D eigenvalue weighted by atomic mass is 16.6. The SMILES string of the molecule is CCC(C)N1CC(=O)OC(=O)C1. The van der Waals surface area contributed by atoms with E-state index in [-0.39, 0.29) is 19.1 Å². The van der Waals surface area contributed by atoms with E-state index in [1.165, 1.54) is 0 Å². The van der Waals surface area contributed by atoms with Crippen LogP contribution in [-0.4, -0.2) is 36.0 Å². The first kappa shape index (κ1) is 9.19. The maximum Gasteiger partial charge on any atom is 0.327 e. The van der Waals surface area contributed by atoms with Crippen molar-refractivity contribution in [2.24, 2.45) is 0 Å². The third kappa shape index (κ3) is 2.04. The molecule has 4 nitrogen and oxygen atoms in total. The van der Waals surface area contributed by atoms with Gasteiger partial charge in [-0.2, -0.15) is 0 Å². The van der Waals surface area contributed by atoms with Crippen LogP contribution in [0.4, 0.5) is 0 Å². The molecule has 1 fully saturated rings. The quantitative estimate of drug-likeness (QED) is 0.439. The summed E-state index contributed by atoms with van der Waals surface area (Å²) < 4.78 is 4.39. The smallest absolute Gasteiger partial charge is 0.327 e. The number of cyclic esters (lactones) is 2. The van der Waals surface area contributed by atoms with E-state index < -0.39 is 11.9 Å². The fourth-order valence-corrected chi connectivity index (χ4v) is 1.15. The summed E-state index contributed by atoms with van der Waals surface area (Å²) in [5, 5.41) is 0. The molecule has 1 aliphatic heterocycles. The lowest BCUT2D eigenvalue weighted by atomic mass is 10.2. The summed E-state index contributed by atoms with van der Waals surface area (Å²) in [4.78, 5) is 23.5. The van der Waals surface area contributed by atoms with Crippen molar-refractivity contribution in [2.75, 3.05) is 13.1 Å². The van der Waals surface area contributed by atoms with E-state index in [1.807, 2.05) is 18.7 Å². The Morgan fingerprint density at radius 3 is 2.33 bits per heavy atom. The van der Waals surface area contributed by atoms with Crippen molar-refractivity contribution in [1.29, 1.82) is 0 Å². The predicted octanol–water partition coefficient (Wildman–Crippen LogP) is 0.170. The summed E-state index contributed by atoms with van der Waals surface area (Å²) >= 11 is 0. The van der Waals surface area contributed by atoms with E-state index in [9.17, 15) is 9.59 Å². The largest absolute Gasteiger partial charge is 0.391 e. The number of esters is 2. The lowest BCUT2D eigenvalue weighted by Crippen LogP contribution is -2.46. The molecule has 0 aromatic rings. The van der Waals surface area contributed by atoms with Gasteiger partial charge in [0.1, 0.15) is 0 Å². The molecular formula is C8H13NO3. The zero-order valence-electron chi connectivity index (χ0n) is 7.37. The molecule has 0 N–H and O–H groups in total. The molecule has 0 aromatic heterocycles. The van der Waals surface area contributed by atoms with Gasteiger partial charge in [-0.25, -0.2) is 0 Å². The number of carbonyl (C=O) groups excluding carboxylic acids is 2. The molecule has 0 radical (unpaired) electrons. The maximum absolute atomic E-state index is 10.8. The number of nitrogens with zero attached hydrogens (tertiary/aromatic N) is 1. The second kappa shape index (κ2) is 3.67. The van der Waals surface area contributed by atoms with Gasteiger partial charge in [0.25, 0.3) is 0 Å². The molecule has 0 amide bonds. The van der Waals surface area contributed by atoms with E-state index in [1.54, 1.807) is 0 Å². The normalized spacial score (nSPS) is 22.2. The number of morpholine rings is 1. The maximum atomic E-state index is 10.8. The zero-order chi connectivity index (χ0) is 9.14. The third-order valence-corrected chi connectivity index (χ3v) is 2.11. The van der Waals surface area contributed by atoms with Crippen LogP contribution in [0.1, 0.15) is 20.3 Å². The molecule has 0 spiro atoms. The minimum absolute atomic E-state index is 0.237. The molecule has 1 atom stereocenters. The number of ether oxygens (including phenoxy) is 1. The van der Waals surface area contributed by atoms with Crippen LogP contribution in [0.15, 0.2) is 0 Å². The Kier molecular flexibility index (Phi) is 2.81. The van der Waals surface area contributed by atoms with Gasteiger partial charge < -0.3 is 4.74 Å². The molecule has 0 bridgehead atoms. The van der Waals surface area contributed by atoms with E-state index in [0.717, 1.165) is 6.42 Å². The van der Waals surface area contributed by atoms with Gasteiger partial charge in [-0.15, -0.1) is 0 Å². The van der Waals surface area contributed by atoms with Crippen molar-refractivity contribution >= 4 is 11.9 Å². The summed E-state index contributed by atoms with van der Waals surface area (Å²) in [5.74, 6) is -0.877. The van der Waals surface area contributed by atoms with E-state index in [2.05, 4.69) is 4.74 Å². The van der Waals surface area contributed by atoms with Crippen LogP contribution >= 0.6 is 0 Å². The molecular weight excluding hydrogens is 158 g/mol. The summed E-state index contributed by atoms with van der Waals surface area (Å²) in [6.45, 7) is 4.49. The Labute approximate surface area is 71.5 Å². The van der Waals surface area contributed by atoms with Crippen LogP contribution in [0.3, 0.4) is 0 Å². The number of rotatable bonds is 2. The van der Waals surface area contributed by atoms with Crippen LogP contribution in [-0.2, 0) is 14.3 Å². The van der Waals surface area contributed by atoms with Crippen molar-refractivity contribution < 1.29 is 14.3 Å². The predicted molar refractivity (Wildman–Crippen MR) is 42.4 cm³/mol. The zero-order valence-corrected chi connectivity index (χ0v) is 7.37.